The average molecular weight is 465 g/mol. The van der Waals surface area contributed by atoms with Crippen LogP contribution >= 0.6 is 39.3 Å². The minimum absolute atomic E-state index is 0.178. The molecule has 9 heteroatoms. The Morgan fingerprint density at radius 3 is 2.78 bits per heavy atom. The molecule has 0 aliphatic rings. The molecule has 3 aromatic rings. The lowest BCUT2D eigenvalue weighted by Gasteiger charge is -2.09. The minimum atomic E-state index is -0.178. The summed E-state index contributed by atoms with van der Waals surface area (Å²) in [6, 6.07) is 9.01. The van der Waals surface area contributed by atoms with Gasteiger partial charge in [0.15, 0.2) is 11.0 Å². The highest BCUT2D eigenvalue weighted by Crippen LogP contribution is 2.27. The van der Waals surface area contributed by atoms with Gasteiger partial charge in [0.1, 0.15) is 0 Å². The van der Waals surface area contributed by atoms with Crippen LogP contribution in [0.4, 0.5) is 5.69 Å². The molecule has 2 heterocycles. The number of rotatable bonds is 7. The van der Waals surface area contributed by atoms with Crippen molar-refractivity contribution in [1.82, 2.24) is 19.7 Å². The molecule has 27 heavy (non-hydrogen) atoms. The second kappa shape index (κ2) is 9.16. The number of anilines is 1. The van der Waals surface area contributed by atoms with Gasteiger partial charge >= 0.3 is 0 Å². The monoisotopic (exact) mass is 463 g/mol. The standard InChI is InChI=1S/C18H15BrClN5OS/c1-2-9-25-17(12-5-7-21-8-6-12)23-24-18(25)27-11-16(26)22-15-4-3-13(19)10-14(15)20/h2-8,10H,1,9,11H2,(H,22,26). The van der Waals surface area contributed by atoms with Crippen LogP contribution in [0.15, 0.2) is 65.0 Å². The van der Waals surface area contributed by atoms with E-state index >= 15 is 0 Å². The molecule has 0 bridgehead atoms. The number of aromatic nitrogens is 4. The molecule has 0 unspecified atom stereocenters. The zero-order chi connectivity index (χ0) is 19.2. The van der Waals surface area contributed by atoms with Gasteiger partial charge in [-0.1, -0.05) is 45.4 Å². The number of hydrogen-bond donors (Lipinski definition) is 1. The Hall–Kier alpha value is -2.16. The van der Waals surface area contributed by atoms with E-state index in [2.05, 4.69) is 43.0 Å². The first-order chi connectivity index (χ1) is 13.1. The number of hydrogen-bond acceptors (Lipinski definition) is 5. The third-order valence-electron chi connectivity index (χ3n) is 3.50. The summed E-state index contributed by atoms with van der Waals surface area (Å²) in [4.78, 5) is 16.3. The summed E-state index contributed by atoms with van der Waals surface area (Å²) in [7, 11) is 0. The molecular weight excluding hydrogens is 450 g/mol. The highest BCUT2D eigenvalue weighted by molar-refractivity contribution is 9.10. The van der Waals surface area contributed by atoms with Crippen molar-refractivity contribution in [3.05, 3.63) is 64.9 Å². The fraction of sp³-hybridized carbons (Fsp3) is 0.111. The van der Waals surface area contributed by atoms with E-state index < -0.39 is 0 Å². The summed E-state index contributed by atoms with van der Waals surface area (Å²) in [5.41, 5.74) is 1.47. The largest absolute Gasteiger partial charge is 0.324 e. The first-order valence-electron chi connectivity index (χ1n) is 7.90. The number of carbonyl (C=O) groups excluding carboxylic acids is 1. The SMILES string of the molecule is C=CCn1c(SCC(=O)Nc2ccc(Br)cc2Cl)nnc1-c1ccncc1. The van der Waals surface area contributed by atoms with Gasteiger partial charge in [-0.25, -0.2) is 0 Å². The summed E-state index contributed by atoms with van der Waals surface area (Å²) >= 11 is 10.8. The predicted molar refractivity (Wildman–Crippen MR) is 112 cm³/mol. The first kappa shape index (κ1) is 19.6. The maximum atomic E-state index is 12.3. The van der Waals surface area contributed by atoms with Crippen molar-refractivity contribution in [1.29, 1.82) is 0 Å². The Morgan fingerprint density at radius 1 is 1.30 bits per heavy atom. The number of halogens is 2. The summed E-state index contributed by atoms with van der Waals surface area (Å²) in [6.45, 7) is 4.32. The van der Waals surface area contributed by atoms with Crippen molar-refractivity contribution in [3.63, 3.8) is 0 Å². The van der Waals surface area contributed by atoms with Crippen LogP contribution in [0.5, 0.6) is 0 Å². The van der Waals surface area contributed by atoms with Crippen molar-refractivity contribution >= 4 is 50.9 Å². The second-order valence-corrected chi connectivity index (χ2v) is 7.67. The fourth-order valence-electron chi connectivity index (χ4n) is 2.31. The lowest BCUT2D eigenvalue weighted by Crippen LogP contribution is -2.15. The summed E-state index contributed by atoms with van der Waals surface area (Å²) in [6.07, 6.45) is 5.16. The van der Waals surface area contributed by atoms with Gasteiger partial charge < -0.3 is 5.32 Å². The van der Waals surface area contributed by atoms with Crippen molar-refractivity contribution in [2.75, 3.05) is 11.1 Å². The van der Waals surface area contributed by atoms with E-state index in [0.717, 1.165) is 10.0 Å². The highest BCUT2D eigenvalue weighted by atomic mass is 79.9. The molecule has 0 saturated carbocycles. The van der Waals surface area contributed by atoms with Crippen LogP contribution in [0, 0.1) is 0 Å². The Morgan fingerprint density at radius 2 is 2.07 bits per heavy atom. The van der Waals surface area contributed by atoms with Crippen LogP contribution in [0.2, 0.25) is 5.02 Å². The number of pyridine rings is 1. The van der Waals surface area contributed by atoms with Gasteiger partial charge in [-0.15, -0.1) is 16.8 Å². The number of nitrogens with one attached hydrogen (secondary N) is 1. The Bertz CT molecular complexity index is 964. The fourth-order valence-corrected chi connectivity index (χ4v) is 3.78. The summed E-state index contributed by atoms with van der Waals surface area (Å²) in [5.74, 6) is 0.705. The van der Waals surface area contributed by atoms with Crippen molar-refractivity contribution < 1.29 is 4.79 Å². The molecule has 1 N–H and O–H groups in total. The molecule has 2 aromatic heterocycles. The molecule has 3 rings (SSSR count). The molecule has 138 valence electrons. The maximum Gasteiger partial charge on any atom is 0.234 e. The van der Waals surface area contributed by atoms with Gasteiger partial charge in [-0.3, -0.25) is 14.3 Å². The number of benzene rings is 1. The summed E-state index contributed by atoms with van der Waals surface area (Å²) in [5, 5.41) is 12.4. The average Bonchev–Trinajstić information content (AvgIpc) is 3.06. The zero-order valence-electron chi connectivity index (χ0n) is 14.1. The van der Waals surface area contributed by atoms with Crippen LogP contribution in [0.25, 0.3) is 11.4 Å². The molecule has 0 radical (unpaired) electrons. The van der Waals surface area contributed by atoms with Gasteiger partial charge in [-0.2, -0.15) is 0 Å². The highest BCUT2D eigenvalue weighted by Gasteiger charge is 2.15. The maximum absolute atomic E-state index is 12.3. The van der Waals surface area contributed by atoms with E-state index in [9.17, 15) is 4.79 Å². The van der Waals surface area contributed by atoms with Crippen LogP contribution < -0.4 is 5.32 Å². The third-order valence-corrected chi connectivity index (χ3v) is 5.28. The van der Waals surface area contributed by atoms with Crippen LogP contribution in [-0.4, -0.2) is 31.4 Å². The van der Waals surface area contributed by atoms with Crippen LogP contribution in [0.3, 0.4) is 0 Å². The van der Waals surface area contributed by atoms with Gasteiger partial charge in [0.2, 0.25) is 5.91 Å². The lowest BCUT2D eigenvalue weighted by molar-refractivity contribution is -0.113. The van der Waals surface area contributed by atoms with Crippen LogP contribution in [-0.2, 0) is 11.3 Å². The van der Waals surface area contributed by atoms with E-state index in [1.807, 2.05) is 22.8 Å². The number of amides is 1. The predicted octanol–water partition coefficient (Wildman–Crippen LogP) is 4.67. The van der Waals surface area contributed by atoms with Gasteiger partial charge in [0, 0.05) is 29.0 Å². The van der Waals surface area contributed by atoms with Gasteiger partial charge in [0.05, 0.1) is 16.5 Å². The number of allylic oxidation sites excluding steroid dienone is 1. The molecule has 0 aliphatic heterocycles. The zero-order valence-corrected chi connectivity index (χ0v) is 17.3. The number of thioether (sulfide) groups is 1. The summed E-state index contributed by atoms with van der Waals surface area (Å²) < 4.78 is 2.76. The number of carbonyl (C=O) groups is 1. The molecule has 1 aromatic carbocycles. The molecule has 0 spiro atoms. The molecular formula is C18H15BrClN5OS. The van der Waals surface area contributed by atoms with Crippen molar-refractivity contribution in [3.8, 4) is 11.4 Å². The molecule has 6 nitrogen and oxygen atoms in total. The van der Waals surface area contributed by atoms with Gasteiger partial charge in [-0.05, 0) is 30.3 Å². The quantitative estimate of drug-likeness (QED) is 0.406. The lowest BCUT2D eigenvalue weighted by atomic mass is 10.2. The Balaban J connectivity index is 1.71. The van der Waals surface area contributed by atoms with E-state index in [-0.39, 0.29) is 11.7 Å². The molecule has 0 fully saturated rings. The normalized spacial score (nSPS) is 10.6. The smallest absolute Gasteiger partial charge is 0.234 e. The molecule has 0 aliphatic carbocycles. The molecule has 1 amide bonds. The minimum Gasteiger partial charge on any atom is -0.324 e. The molecule has 0 atom stereocenters. The van der Waals surface area contributed by atoms with E-state index in [4.69, 9.17) is 11.6 Å². The Labute approximate surface area is 174 Å². The van der Waals surface area contributed by atoms with Crippen LogP contribution in [0.1, 0.15) is 0 Å². The van der Waals surface area contributed by atoms with E-state index in [1.54, 1.807) is 30.6 Å². The number of nitrogens with zero attached hydrogens (tertiary/aromatic N) is 4. The van der Waals surface area contributed by atoms with E-state index in [0.29, 0.717) is 28.2 Å². The Kier molecular flexibility index (Phi) is 6.65. The first-order valence-corrected chi connectivity index (χ1v) is 10.1. The van der Waals surface area contributed by atoms with Crippen molar-refractivity contribution in [2.45, 2.75) is 11.7 Å². The third kappa shape index (κ3) is 4.97. The van der Waals surface area contributed by atoms with E-state index in [1.165, 1.54) is 11.8 Å². The second-order valence-electron chi connectivity index (χ2n) is 5.40. The topological polar surface area (TPSA) is 72.7 Å². The molecule has 0 saturated heterocycles. The van der Waals surface area contributed by atoms with Crippen molar-refractivity contribution in [2.24, 2.45) is 0 Å². The van der Waals surface area contributed by atoms with Gasteiger partial charge in [0.25, 0.3) is 0 Å².